The number of rotatable bonds is 3. The van der Waals surface area contributed by atoms with Crippen LogP contribution < -0.4 is 5.32 Å². The van der Waals surface area contributed by atoms with Gasteiger partial charge in [0.15, 0.2) is 0 Å². The van der Waals surface area contributed by atoms with E-state index < -0.39 is 0 Å². The van der Waals surface area contributed by atoms with Crippen LogP contribution >= 0.6 is 0 Å². The molecule has 6 nitrogen and oxygen atoms in total. The molecule has 6 heteroatoms. The molecule has 2 saturated heterocycles. The summed E-state index contributed by atoms with van der Waals surface area (Å²) in [7, 11) is 0. The molecule has 1 aromatic heterocycles. The number of hydrogen-bond acceptors (Lipinski definition) is 4. The van der Waals surface area contributed by atoms with Crippen molar-refractivity contribution in [3.8, 4) is 0 Å². The van der Waals surface area contributed by atoms with Crippen molar-refractivity contribution in [1.29, 1.82) is 0 Å². The molecule has 2 amide bonds. The standard InChI is InChI=1S/C14H21N3O3/c1-3-13-12(9(2)20-16-13)6-15-14(18)17-10-4-5-11(17)8-19-7-10/h10-11H,3-8H2,1-2H3,(H,15,18). The van der Waals surface area contributed by atoms with Crippen molar-refractivity contribution in [2.75, 3.05) is 13.2 Å². The van der Waals surface area contributed by atoms with Gasteiger partial charge in [0.2, 0.25) is 0 Å². The summed E-state index contributed by atoms with van der Waals surface area (Å²) in [5.74, 6) is 0.784. The molecule has 20 heavy (non-hydrogen) atoms. The van der Waals surface area contributed by atoms with E-state index >= 15 is 0 Å². The van der Waals surface area contributed by atoms with Crippen molar-refractivity contribution >= 4 is 6.03 Å². The summed E-state index contributed by atoms with van der Waals surface area (Å²) in [6.07, 6.45) is 2.90. The third-order valence-corrected chi connectivity index (χ3v) is 4.29. The van der Waals surface area contributed by atoms with E-state index in [-0.39, 0.29) is 18.1 Å². The number of nitrogens with zero attached hydrogens (tertiary/aromatic N) is 2. The number of aromatic nitrogens is 1. The molecule has 0 spiro atoms. The van der Waals surface area contributed by atoms with Crippen LogP contribution in [0.4, 0.5) is 4.79 Å². The highest BCUT2D eigenvalue weighted by Crippen LogP contribution is 2.28. The third-order valence-electron chi connectivity index (χ3n) is 4.29. The number of urea groups is 1. The Bertz CT molecular complexity index is 484. The SMILES string of the molecule is CCc1noc(C)c1CNC(=O)N1C2CCC1COC2. The lowest BCUT2D eigenvalue weighted by molar-refractivity contribution is 0.00631. The summed E-state index contributed by atoms with van der Waals surface area (Å²) in [4.78, 5) is 14.3. The summed E-state index contributed by atoms with van der Waals surface area (Å²) in [6, 6.07) is 0.481. The van der Waals surface area contributed by atoms with Crippen molar-refractivity contribution in [3.63, 3.8) is 0 Å². The molecule has 2 atom stereocenters. The Hall–Kier alpha value is -1.56. The fourth-order valence-corrected chi connectivity index (χ4v) is 3.16. The van der Waals surface area contributed by atoms with Gasteiger partial charge in [-0.25, -0.2) is 4.79 Å². The van der Waals surface area contributed by atoms with Gasteiger partial charge in [-0.1, -0.05) is 12.1 Å². The normalized spacial score (nSPS) is 25.0. The number of amides is 2. The first kappa shape index (κ1) is 13.4. The van der Waals surface area contributed by atoms with E-state index in [1.54, 1.807) is 0 Å². The van der Waals surface area contributed by atoms with E-state index in [2.05, 4.69) is 10.5 Å². The second kappa shape index (κ2) is 5.44. The summed E-state index contributed by atoms with van der Waals surface area (Å²) in [5, 5.41) is 7.01. The van der Waals surface area contributed by atoms with Crippen LogP contribution in [0.15, 0.2) is 4.52 Å². The first-order chi connectivity index (χ1) is 9.70. The van der Waals surface area contributed by atoms with Crippen LogP contribution in [-0.4, -0.2) is 41.4 Å². The maximum absolute atomic E-state index is 12.4. The van der Waals surface area contributed by atoms with Gasteiger partial charge < -0.3 is 19.5 Å². The molecular formula is C14H21N3O3. The highest BCUT2D eigenvalue weighted by atomic mass is 16.5. The third kappa shape index (κ3) is 2.28. The van der Waals surface area contributed by atoms with Crippen LogP contribution in [0.25, 0.3) is 0 Å². The van der Waals surface area contributed by atoms with Crippen LogP contribution in [0.3, 0.4) is 0 Å². The lowest BCUT2D eigenvalue weighted by atomic mass is 10.1. The molecule has 2 unspecified atom stereocenters. The average molecular weight is 279 g/mol. The predicted octanol–water partition coefficient (Wildman–Crippen LogP) is 1.62. The zero-order valence-electron chi connectivity index (χ0n) is 12.0. The molecule has 1 aromatic rings. The number of nitrogens with one attached hydrogen (secondary N) is 1. The smallest absolute Gasteiger partial charge is 0.318 e. The maximum atomic E-state index is 12.4. The second-order valence-corrected chi connectivity index (χ2v) is 5.51. The van der Waals surface area contributed by atoms with E-state index in [1.807, 2.05) is 18.7 Å². The maximum Gasteiger partial charge on any atom is 0.318 e. The Morgan fingerprint density at radius 1 is 1.40 bits per heavy atom. The Labute approximate surface area is 118 Å². The highest BCUT2D eigenvalue weighted by molar-refractivity contribution is 5.75. The van der Waals surface area contributed by atoms with E-state index in [1.165, 1.54) is 0 Å². The highest BCUT2D eigenvalue weighted by Gasteiger charge is 2.40. The molecule has 1 N–H and O–H groups in total. The van der Waals surface area contributed by atoms with Crippen molar-refractivity contribution in [1.82, 2.24) is 15.4 Å². The second-order valence-electron chi connectivity index (χ2n) is 5.51. The number of morpholine rings is 1. The molecular weight excluding hydrogens is 258 g/mol. The largest absolute Gasteiger partial charge is 0.377 e. The van der Waals surface area contributed by atoms with Crippen LogP contribution in [0, 0.1) is 6.92 Å². The predicted molar refractivity (Wildman–Crippen MR) is 72.3 cm³/mol. The molecule has 0 aliphatic carbocycles. The van der Waals surface area contributed by atoms with Crippen molar-refractivity contribution < 1.29 is 14.1 Å². The van der Waals surface area contributed by atoms with Crippen LogP contribution in [-0.2, 0) is 17.7 Å². The fourth-order valence-electron chi connectivity index (χ4n) is 3.16. The topological polar surface area (TPSA) is 67.6 Å². The Morgan fingerprint density at radius 3 is 2.75 bits per heavy atom. The minimum atomic E-state index is 0.00320. The summed E-state index contributed by atoms with van der Waals surface area (Å²) < 4.78 is 10.7. The van der Waals surface area contributed by atoms with E-state index in [0.717, 1.165) is 36.3 Å². The van der Waals surface area contributed by atoms with Gasteiger partial charge in [-0.3, -0.25) is 0 Å². The lowest BCUT2D eigenvalue weighted by Gasteiger charge is -2.34. The fraction of sp³-hybridized carbons (Fsp3) is 0.714. The van der Waals surface area contributed by atoms with Gasteiger partial charge in [0.05, 0.1) is 31.0 Å². The molecule has 2 bridgehead atoms. The van der Waals surface area contributed by atoms with Gasteiger partial charge in [0.25, 0.3) is 0 Å². The zero-order valence-corrected chi connectivity index (χ0v) is 12.0. The number of carbonyl (C=O) groups excluding carboxylic acids is 1. The van der Waals surface area contributed by atoms with E-state index in [0.29, 0.717) is 19.8 Å². The van der Waals surface area contributed by atoms with E-state index in [9.17, 15) is 4.79 Å². The molecule has 3 rings (SSSR count). The molecule has 110 valence electrons. The Kier molecular flexibility index (Phi) is 3.65. The molecule has 0 saturated carbocycles. The summed E-state index contributed by atoms with van der Waals surface area (Å²) >= 11 is 0. The number of carbonyl (C=O) groups is 1. The minimum Gasteiger partial charge on any atom is -0.377 e. The van der Waals surface area contributed by atoms with Crippen molar-refractivity contribution in [2.24, 2.45) is 0 Å². The average Bonchev–Trinajstić information content (AvgIpc) is 2.93. The molecule has 0 aromatic carbocycles. The first-order valence-electron chi connectivity index (χ1n) is 7.28. The van der Waals surface area contributed by atoms with Gasteiger partial charge >= 0.3 is 6.03 Å². The lowest BCUT2D eigenvalue weighted by Crippen LogP contribution is -2.52. The van der Waals surface area contributed by atoms with Gasteiger partial charge in [-0.15, -0.1) is 0 Å². The molecule has 2 fully saturated rings. The van der Waals surface area contributed by atoms with Crippen molar-refractivity contribution in [2.45, 2.75) is 51.7 Å². The van der Waals surface area contributed by atoms with E-state index in [4.69, 9.17) is 9.26 Å². The number of hydrogen-bond donors (Lipinski definition) is 1. The number of aryl methyl sites for hydroxylation is 2. The molecule has 2 aliphatic heterocycles. The Balaban J connectivity index is 1.63. The minimum absolute atomic E-state index is 0.00320. The number of fused-ring (bicyclic) bond motifs is 2. The van der Waals surface area contributed by atoms with Crippen LogP contribution in [0.2, 0.25) is 0 Å². The summed E-state index contributed by atoms with van der Waals surface area (Å²) in [5.41, 5.74) is 1.93. The Morgan fingerprint density at radius 2 is 2.10 bits per heavy atom. The molecule has 0 radical (unpaired) electrons. The molecule has 3 heterocycles. The molecule has 2 aliphatic rings. The number of ether oxygens (including phenoxy) is 1. The summed E-state index contributed by atoms with van der Waals surface area (Å²) in [6.45, 7) is 5.72. The monoisotopic (exact) mass is 279 g/mol. The first-order valence-corrected chi connectivity index (χ1v) is 7.28. The zero-order chi connectivity index (χ0) is 14.1. The quantitative estimate of drug-likeness (QED) is 0.913. The van der Waals surface area contributed by atoms with Crippen molar-refractivity contribution in [3.05, 3.63) is 17.0 Å². The van der Waals surface area contributed by atoms with Crippen LogP contribution in [0.5, 0.6) is 0 Å². The van der Waals surface area contributed by atoms with Crippen LogP contribution in [0.1, 0.15) is 36.8 Å². The van der Waals surface area contributed by atoms with Gasteiger partial charge in [0, 0.05) is 12.1 Å². The van der Waals surface area contributed by atoms with Gasteiger partial charge in [0.1, 0.15) is 5.76 Å². The van der Waals surface area contributed by atoms with Gasteiger partial charge in [-0.05, 0) is 26.2 Å². The van der Waals surface area contributed by atoms with Gasteiger partial charge in [-0.2, -0.15) is 0 Å².